The largest absolute Gasteiger partial charge is 0.465 e. The molecule has 4 heteroatoms. The van der Waals surface area contributed by atoms with Crippen LogP contribution in [0.4, 0.5) is 0 Å². The standard InChI is InChI=1S/C11H14O2.I2/c1-7-5-6-10(11(12)13-4)9(3)8(7)2;1-2/h5-6H,1-4H3;. The number of aryl methyl sites for hydroxylation is 1. The second kappa shape index (κ2) is 7.43. The molecule has 0 saturated carbocycles. The van der Waals surface area contributed by atoms with Crippen molar-refractivity contribution in [1.29, 1.82) is 0 Å². The van der Waals surface area contributed by atoms with Crippen LogP contribution in [0.5, 0.6) is 0 Å². The van der Waals surface area contributed by atoms with Crippen LogP contribution in [0.25, 0.3) is 0 Å². The summed E-state index contributed by atoms with van der Waals surface area (Å²) < 4.78 is 4.67. The number of carbonyl (C=O) groups excluding carboxylic acids is 1. The summed E-state index contributed by atoms with van der Waals surface area (Å²) in [6, 6.07) is 3.75. The van der Waals surface area contributed by atoms with Crippen molar-refractivity contribution < 1.29 is 9.53 Å². The maximum Gasteiger partial charge on any atom is 0.338 e. The molecule has 1 rings (SSSR count). The fraction of sp³-hybridized carbons (Fsp3) is 0.364. The van der Waals surface area contributed by atoms with E-state index >= 15 is 0 Å². The lowest BCUT2D eigenvalue weighted by Crippen LogP contribution is -2.05. The first kappa shape index (κ1) is 15.2. The van der Waals surface area contributed by atoms with E-state index in [0.29, 0.717) is 5.56 Å². The van der Waals surface area contributed by atoms with Gasteiger partial charge in [0.15, 0.2) is 0 Å². The summed E-state index contributed by atoms with van der Waals surface area (Å²) in [5.74, 6) is -0.263. The number of rotatable bonds is 1. The van der Waals surface area contributed by atoms with E-state index in [1.165, 1.54) is 12.7 Å². The highest BCUT2D eigenvalue weighted by molar-refractivity contribution is 15.0. The molecule has 0 aromatic heterocycles. The molecule has 0 bridgehead atoms. The SMILES string of the molecule is COC(=O)c1ccc(C)c(C)c1C.II. The highest BCUT2D eigenvalue weighted by Gasteiger charge is 2.10. The number of esters is 1. The van der Waals surface area contributed by atoms with Gasteiger partial charge in [-0.1, -0.05) is 6.07 Å². The average Bonchev–Trinajstić information content (AvgIpc) is 2.28. The molecule has 15 heavy (non-hydrogen) atoms. The smallest absolute Gasteiger partial charge is 0.338 e. The van der Waals surface area contributed by atoms with Crippen molar-refractivity contribution in [2.45, 2.75) is 20.8 Å². The molecule has 0 saturated heterocycles. The molecule has 0 amide bonds. The number of carbonyl (C=O) groups is 1. The summed E-state index contributed by atoms with van der Waals surface area (Å²) in [6.45, 7) is 5.98. The second-order valence-electron chi connectivity index (χ2n) is 3.17. The number of halogens is 2. The van der Waals surface area contributed by atoms with Crippen LogP contribution in [0.1, 0.15) is 27.0 Å². The third-order valence-corrected chi connectivity index (χ3v) is 2.46. The Balaban J connectivity index is 0.000000921. The monoisotopic (exact) mass is 432 g/mol. The van der Waals surface area contributed by atoms with E-state index in [9.17, 15) is 4.79 Å². The molecule has 2 nitrogen and oxygen atoms in total. The average molecular weight is 432 g/mol. The first-order valence-electron chi connectivity index (χ1n) is 4.37. The topological polar surface area (TPSA) is 26.3 Å². The van der Waals surface area contributed by atoms with Gasteiger partial charge in [-0.3, -0.25) is 0 Å². The van der Waals surface area contributed by atoms with Crippen molar-refractivity contribution in [2.24, 2.45) is 0 Å². The summed E-state index contributed by atoms with van der Waals surface area (Å²) >= 11 is 4.24. The molecular formula is C11H14I2O2. The maximum absolute atomic E-state index is 11.3. The Bertz CT molecular complexity index is 349. The van der Waals surface area contributed by atoms with Crippen LogP contribution in [-0.4, -0.2) is 13.1 Å². The van der Waals surface area contributed by atoms with Gasteiger partial charge in [0.25, 0.3) is 0 Å². The molecule has 0 radical (unpaired) electrons. The van der Waals surface area contributed by atoms with Crippen molar-refractivity contribution >= 4 is 43.2 Å². The fourth-order valence-corrected chi connectivity index (χ4v) is 1.29. The van der Waals surface area contributed by atoms with Crippen LogP contribution in [0, 0.1) is 20.8 Å². The number of benzene rings is 1. The summed E-state index contributed by atoms with van der Waals surface area (Å²) in [4.78, 5) is 11.3. The molecule has 0 spiro atoms. The van der Waals surface area contributed by atoms with Crippen LogP contribution in [0.15, 0.2) is 12.1 Å². The van der Waals surface area contributed by atoms with Gasteiger partial charge in [0.05, 0.1) is 12.7 Å². The van der Waals surface area contributed by atoms with Gasteiger partial charge in [-0.15, -0.1) is 0 Å². The van der Waals surface area contributed by atoms with E-state index in [2.05, 4.69) is 42.0 Å². The molecule has 0 N–H and O–H groups in total. The van der Waals surface area contributed by atoms with Crippen LogP contribution in [0.2, 0.25) is 0 Å². The van der Waals surface area contributed by atoms with E-state index in [-0.39, 0.29) is 5.97 Å². The molecule has 0 atom stereocenters. The molecule has 0 fully saturated rings. The van der Waals surface area contributed by atoms with Crippen molar-refractivity contribution in [3.05, 3.63) is 34.4 Å². The predicted octanol–water partition coefficient (Wildman–Crippen LogP) is 4.17. The lowest BCUT2D eigenvalue weighted by Gasteiger charge is -2.08. The first-order valence-corrected chi connectivity index (χ1v) is 10.7. The van der Waals surface area contributed by atoms with Gasteiger partial charge in [0.1, 0.15) is 0 Å². The van der Waals surface area contributed by atoms with Gasteiger partial charge in [0, 0.05) is 37.2 Å². The Hall–Kier alpha value is 0.150. The normalized spacial score (nSPS) is 8.93. The number of methoxy groups -OCH3 is 1. The first-order chi connectivity index (χ1) is 7.07. The van der Waals surface area contributed by atoms with Gasteiger partial charge < -0.3 is 4.74 Å². The van der Waals surface area contributed by atoms with Crippen molar-refractivity contribution in [1.82, 2.24) is 0 Å². The number of hydrogen-bond donors (Lipinski definition) is 0. The Kier molecular flexibility index (Phi) is 7.50. The molecule has 0 unspecified atom stereocenters. The third kappa shape index (κ3) is 3.90. The van der Waals surface area contributed by atoms with Crippen molar-refractivity contribution in [3.63, 3.8) is 0 Å². The summed E-state index contributed by atoms with van der Waals surface area (Å²) in [7, 11) is 1.40. The van der Waals surface area contributed by atoms with E-state index in [1.54, 1.807) is 0 Å². The quantitative estimate of drug-likeness (QED) is 0.492. The second-order valence-corrected chi connectivity index (χ2v) is 3.17. The van der Waals surface area contributed by atoms with Gasteiger partial charge >= 0.3 is 5.97 Å². The minimum Gasteiger partial charge on any atom is -0.465 e. The zero-order chi connectivity index (χ0) is 12.0. The molecule has 0 aliphatic rings. The summed E-state index contributed by atoms with van der Waals surface area (Å²) in [5.41, 5.74) is 4.02. The van der Waals surface area contributed by atoms with Crippen molar-refractivity contribution in [2.75, 3.05) is 7.11 Å². The number of ether oxygens (including phenoxy) is 1. The minimum atomic E-state index is -0.263. The van der Waals surface area contributed by atoms with Crippen LogP contribution < -0.4 is 0 Å². The lowest BCUT2D eigenvalue weighted by atomic mass is 9.99. The van der Waals surface area contributed by atoms with Crippen LogP contribution >= 0.6 is 37.2 Å². The maximum atomic E-state index is 11.3. The van der Waals surface area contributed by atoms with Gasteiger partial charge in [-0.25, -0.2) is 4.79 Å². The molecule has 0 aliphatic carbocycles. The Morgan fingerprint density at radius 1 is 1.13 bits per heavy atom. The van der Waals surface area contributed by atoms with Gasteiger partial charge in [-0.05, 0) is 43.5 Å². The van der Waals surface area contributed by atoms with Crippen LogP contribution in [-0.2, 0) is 4.74 Å². The third-order valence-electron chi connectivity index (χ3n) is 2.46. The van der Waals surface area contributed by atoms with E-state index < -0.39 is 0 Å². The zero-order valence-electron chi connectivity index (χ0n) is 9.23. The van der Waals surface area contributed by atoms with E-state index in [4.69, 9.17) is 0 Å². The van der Waals surface area contributed by atoms with Gasteiger partial charge in [-0.2, -0.15) is 0 Å². The van der Waals surface area contributed by atoms with E-state index in [0.717, 1.165) is 11.1 Å². The number of hydrogen-bond acceptors (Lipinski definition) is 2. The Morgan fingerprint density at radius 3 is 2.13 bits per heavy atom. The lowest BCUT2D eigenvalue weighted by molar-refractivity contribution is 0.0600. The molecule has 0 aliphatic heterocycles. The molecule has 84 valence electrons. The Morgan fingerprint density at radius 2 is 1.67 bits per heavy atom. The van der Waals surface area contributed by atoms with E-state index in [1.807, 2.05) is 32.9 Å². The highest BCUT2D eigenvalue weighted by Crippen LogP contribution is 2.17. The predicted molar refractivity (Wildman–Crippen MR) is 80.0 cm³/mol. The fourth-order valence-electron chi connectivity index (χ4n) is 1.29. The molecule has 0 heterocycles. The highest BCUT2D eigenvalue weighted by atomic mass is 128. The Labute approximate surface area is 114 Å². The molecule has 1 aromatic rings. The summed E-state index contributed by atoms with van der Waals surface area (Å²) in [6.07, 6.45) is 0. The molecular weight excluding hydrogens is 418 g/mol. The van der Waals surface area contributed by atoms with Crippen LogP contribution in [0.3, 0.4) is 0 Å². The summed E-state index contributed by atoms with van der Waals surface area (Å²) in [5, 5.41) is 0. The minimum absolute atomic E-state index is 0.263. The molecule has 1 aromatic carbocycles. The zero-order valence-corrected chi connectivity index (χ0v) is 13.5. The van der Waals surface area contributed by atoms with Crippen molar-refractivity contribution in [3.8, 4) is 0 Å². The van der Waals surface area contributed by atoms with Gasteiger partial charge in [0.2, 0.25) is 0 Å².